The third kappa shape index (κ3) is 1.99. The van der Waals surface area contributed by atoms with Crippen LogP contribution in [0.4, 0.5) is 0 Å². The number of hydrogen-bond donors (Lipinski definition) is 0. The van der Waals surface area contributed by atoms with Crippen LogP contribution >= 0.6 is 0 Å². The van der Waals surface area contributed by atoms with Crippen molar-refractivity contribution in [1.82, 2.24) is 0 Å². The summed E-state index contributed by atoms with van der Waals surface area (Å²) in [4.78, 5) is 11.3. The summed E-state index contributed by atoms with van der Waals surface area (Å²) in [6.07, 6.45) is 2.40. The van der Waals surface area contributed by atoms with Gasteiger partial charge in [0.15, 0.2) is 0 Å². The highest BCUT2D eigenvalue weighted by atomic mass is 32.2. The normalized spacial score (nSPS) is 25.0. The van der Waals surface area contributed by atoms with Gasteiger partial charge in [0.05, 0.1) is 11.5 Å². The predicted molar refractivity (Wildman–Crippen MR) is 51.2 cm³/mol. The van der Waals surface area contributed by atoms with Crippen LogP contribution in [0.15, 0.2) is 12.7 Å². The fourth-order valence-electron chi connectivity index (χ4n) is 1.60. The van der Waals surface area contributed by atoms with Crippen LogP contribution in [0, 0.1) is 5.41 Å². The second-order valence-corrected chi connectivity index (χ2v) is 5.87. The number of allylic oxidation sites excluding steroid dienone is 1. The molecule has 1 heterocycles. The van der Waals surface area contributed by atoms with Gasteiger partial charge in [0.25, 0.3) is 0 Å². The summed E-state index contributed by atoms with van der Waals surface area (Å²) in [7, 11) is -2.90. The monoisotopic (exact) mass is 202 g/mol. The zero-order valence-corrected chi connectivity index (χ0v) is 8.56. The molecule has 74 valence electrons. The van der Waals surface area contributed by atoms with Crippen molar-refractivity contribution >= 4 is 15.6 Å². The Hall–Kier alpha value is -0.640. The molecule has 0 aromatic heterocycles. The number of carbonyl (C=O) groups excluding carboxylic acids is 1. The van der Waals surface area contributed by atoms with Crippen molar-refractivity contribution in [3.05, 3.63) is 12.7 Å². The molecule has 0 radical (unpaired) electrons. The van der Waals surface area contributed by atoms with E-state index in [1.807, 2.05) is 0 Å². The van der Waals surface area contributed by atoms with Gasteiger partial charge in [-0.15, -0.1) is 6.58 Å². The van der Waals surface area contributed by atoms with Crippen LogP contribution in [0.2, 0.25) is 0 Å². The van der Waals surface area contributed by atoms with E-state index < -0.39 is 15.3 Å². The summed E-state index contributed by atoms with van der Waals surface area (Å²) >= 11 is 0. The maximum atomic E-state index is 11.3. The van der Waals surface area contributed by atoms with Crippen molar-refractivity contribution in [1.29, 1.82) is 0 Å². The minimum absolute atomic E-state index is 0.0254. The van der Waals surface area contributed by atoms with Crippen LogP contribution in [-0.4, -0.2) is 25.7 Å². The highest BCUT2D eigenvalue weighted by Crippen LogP contribution is 2.34. The van der Waals surface area contributed by atoms with E-state index in [2.05, 4.69) is 6.58 Å². The van der Waals surface area contributed by atoms with Gasteiger partial charge in [-0.05, 0) is 19.8 Å². The number of ketones is 1. The third-order valence-corrected chi connectivity index (χ3v) is 4.46. The maximum Gasteiger partial charge on any atom is 0.150 e. The van der Waals surface area contributed by atoms with Gasteiger partial charge in [-0.25, -0.2) is 8.42 Å². The molecule has 0 atom stereocenters. The zero-order valence-electron chi connectivity index (χ0n) is 7.75. The molecule has 0 saturated carbocycles. The summed E-state index contributed by atoms with van der Waals surface area (Å²) in [5, 5.41) is 0. The van der Waals surface area contributed by atoms with Gasteiger partial charge in [0, 0.05) is 5.41 Å². The Kier molecular flexibility index (Phi) is 2.61. The molecule has 0 spiro atoms. The Morgan fingerprint density at radius 3 is 2.15 bits per heavy atom. The lowest BCUT2D eigenvalue weighted by atomic mass is 9.79. The summed E-state index contributed by atoms with van der Waals surface area (Å²) in [6, 6.07) is 0. The second kappa shape index (κ2) is 3.25. The lowest BCUT2D eigenvalue weighted by Crippen LogP contribution is -2.36. The van der Waals surface area contributed by atoms with Gasteiger partial charge in [0.2, 0.25) is 0 Å². The molecule has 0 N–H and O–H groups in total. The average molecular weight is 202 g/mol. The molecule has 4 heteroatoms. The first-order valence-electron chi connectivity index (χ1n) is 4.27. The minimum atomic E-state index is -2.90. The minimum Gasteiger partial charge on any atom is -0.299 e. The van der Waals surface area contributed by atoms with E-state index in [0.29, 0.717) is 12.8 Å². The molecule has 0 amide bonds. The Bertz CT molecular complexity index is 313. The molecule has 1 fully saturated rings. The first kappa shape index (κ1) is 10.4. The van der Waals surface area contributed by atoms with Gasteiger partial charge >= 0.3 is 0 Å². The van der Waals surface area contributed by atoms with Crippen molar-refractivity contribution in [2.75, 3.05) is 11.5 Å². The van der Waals surface area contributed by atoms with E-state index in [1.165, 1.54) is 6.92 Å². The zero-order chi connectivity index (χ0) is 10.1. The largest absolute Gasteiger partial charge is 0.299 e. The lowest BCUT2D eigenvalue weighted by Gasteiger charge is -2.31. The molecule has 1 saturated heterocycles. The number of rotatable bonds is 2. The Morgan fingerprint density at radius 1 is 1.38 bits per heavy atom. The molecule has 0 bridgehead atoms. The van der Waals surface area contributed by atoms with Crippen LogP contribution in [0.25, 0.3) is 0 Å². The smallest absolute Gasteiger partial charge is 0.150 e. The molecule has 1 rings (SSSR count). The average Bonchev–Trinajstić information content (AvgIpc) is 2.05. The van der Waals surface area contributed by atoms with Crippen molar-refractivity contribution in [2.45, 2.75) is 19.8 Å². The predicted octanol–water partition coefficient (Wildman–Crippen LogP) is 0.956. The topological polar surface area (TPSA) is 51.2 Å². The number of hydrogen-bond acceptors (Lipinski definition) is 3. The Labute approximate surface area is 78.8 Å². The fourth-order valence-corrected chi connectivity index (χ4v) is 3.16. The van der Waals surface area contributed by atoms with Crippen LogP contribution in [-0.2, 0) is 14.6 Å². The van der Waals surface area contributed by atoms with Crippen LogP contribution in [0.5, 0.6) is 0 Å². The molecule has 0 unspecified atom stereocenters. The van der Waals surface area contributed by atoms with Gasteiger partial charge in [-0.3, -0.25) is 4.79 Å². The van der Waals surface area contributed by atoms with Gasteiger partial charge in [-0.2, -0.15) is 0 Å². The van der Waals surface area contributed by atoms with Crippen LogP contribution < -0.4 is 0 Å². The van der Waals surface area contributed by atoms with E-state index in [4.69, 9.17) is 0 Å². The fraction of sp³-hybridized carbons (Fsp3) is 0.667. The van der Waals surface area contributed by atoms with Crippen molar-refractivity contribution < 1.29 is 13.2 Å². The van der Waals surface area contributed by atoms with E-state index in [0.717, 1.165) is 0 Å². The van der Waals surface area contributed by atoms with Gasteiger partial charge < -0.3 is 0 Å². The maximum absolute atomic E-state index is 11.3. The van der Waals surface area contributed by atoms with Crippen LogP contribution in [0.3, 0.4) is 0 Å². The van der Waals surface area contributed by atoms with Crippen molar-refractivity contribution in [3.8, 4) is 0 Å². The Morgan fingerprint density at radius 2 is 1.85 bits per heavy atom. The molecule has 0 aromatic carbocycles. The lowest BCUT2D eigenvalue weighted by molar-refractivity contribution is -0.124. The van der Waals surface area contributed by atoms with Crippen molar-refractivity contribution in [2.24, 2.45) is 5.41 Å². The molecule has 1 aliphatic heterocycles. The quantitative estimate of drug-likeness (QED) is 0.627. The van der Waals surface area contributed by atoms with Crippen molar-refractivity contribution in [3.63, 3.8) is 0 Å². The van der Waals surface area contributed by atoms with Crippen LogP contribution in [0.1, 0.15) is 19.8 Å². The van der Waals surface area contributed by atoms with Gasteiger partial charge in [0.1, 0.15) is 15.6 Å². The number of Topliss-reactive ketones (excluding diaryl/α,β-unsaturated/α-hetero) is 1. The Balaban J connectivity index is 2.87. The highest BCUT2D eigenvalue weighted by Gasteiger charge is 2.38. The second-order valence-electron chi connectivity index (χ2n) is 3.57. The number of carbonyl (C=O) groups is 1. The summed E-state index contributed by atoms with van der Waals surface area (Å²) < 4.78 is 22.3. The third-order valence-electron chi connectivity index (χ3n) is 2.81. The summed E-state index contributed by atoms with van der Waals surface area (Å²) in [6.45, 7) is 5.11. The van der Waals surface area contributed by atoms with E-state index >= 15 is 0 Å². The first-order valence-corrected chi connectivity index (χ1v) is 6.09. The highest BCUT2D eigenvalue weighted by molar-refractivity contribution is 7.91. The number of sulfone groups is 1. The first-order chi connectivity index (χ1) is 5.92. The summed E-state index contributed by atoms with van der Waals surface area (Å²) in [5.74, 6) is 0.245. The molecule has 0 aliphatic carbocycles. The van der Waals surface area contributed by atoms with E-state index in [9.17, 15) is 13.2 Å². The molecule has 1 aliphatic rings. The van der Waals surface area contributed by atoms with E-state index in [-0.39, 0.29) is 17.3 Å². The standard InChI is InChI=1S/C9H14O3S/c1-3-9(8(2)10)4-6-13(11,12)7-5-9/h3H,1,4-7H2,2H3. The summed E-state index contributed by atoms with van der Waals surface area (Å²) in [5.41, 5.74) is -0.578. The molecule has 0 aromatic rings. The molecule has 3 nitrogen and oxygen atoms in total. The van der Waals surface area contributed by atoms with Gasteiger partial charge in [-0.1, -0.05) is 6.08 Å². The molecular formula is C9H14O3S. The van der Waals surface area contributed by atoms with E-state index in [1.54, 1.807) is 6.08 Å². The molecule has 13 heavy (non-hydrogen) atoms. The SMILES string of the molecule is C=CC1(C(C)=O)CCS(=O)(=O)CC1. The molecular weight excluding hydrogens is 188 g/mol.